The van der Waals surface area contributed by atoms with E-state index in [4.69, 9.17) is 0 Å². The molecule has 0 unspecified atom stereocenters. The van der Waals surface area contributed by atoms with Crippen molar-refractivity contribution in [3.05, 3.63) is 45.9 Å². The predicted octanol–water partition coefficient (Wildman–Crippen LogP) is 1.15. The van der Waals surface area contributed by atoms with Crippen LogP contribution in [0.15, 0.2) is 45.9 Å². The molecule has 0 aliphatic carbocycles. The molecule has 0 radical (unpaired) electrons. The SMILES string of the molecule is [SiH3][SiH]([SH]1C=CC=C1)[SH]1C=CC=C1. The molecule has 0 aromatic rings. The van der Waals surface area contributed by atoms with E-state index in [1.807, 2.05) is 0 Å². The molecule has 0 spiro atoms. The molecular weight excluding hydrogens is 216 g/mol. The van der Waals surface area contributed by atoms with Crippen LogP contribution < -0.4 is 0 Å². The van der Waals surface area contributed by atoms with E-state index in [0.717, 1.165) is 0 Å². The Morgan fingerprint density at radius 2 is 1.08 bits per heavy atom. The standard InChI is InChI=1S/C8H14S2Si2/c11-12(9-5-1-2-6-9)10-7-3-4-8-10/h1-10,12H,11H3. The van der Waals surface area contributed by atoms with Crippen LogP contribution >= 0.6 is 20.7 Å². The van der Waals surface area contributed by atoms with E-state index in [2.05, 4.69) is 45.9 Å². The van der Waals surface area contributed by atoms with Crippen LogP contribution in [-0.2, 0) is 0 Å². The third-order valence-corrected chi connectivity index (χ3v) is 28.7. The van der Waals surface area contributed by atoms with Crippen LogP contribution in [0.4, 0.5) is 0 Å². The molecule has 0 N–H and O–H groups in total. The van der Waals surface area contributed by atoms with Gasteiger partial charge in [0.05, 0.1) is 0 Å². The molecule has 2 aliphatic heterocycles. The van der Waals surface area contributed by atoms with E-state index in [1.54, 1.807) is 0 Å². The Kier molecular flexibility index (Phi) is 2.80. The monoisotopic (exact) mass is 230 g/mol. The number of rotatable bonds is 2. The van der Waals surface area contributed by atoms with Crippen molar-refractivity contribution in [3.8, 4) is 0 Å². The summed E-state index contributed by atoms with van der Waals surface area (Å²) in [6, 6.07) is 0. The number of hydrogen-bond acceptors (Lipinski definition) is 0. The summed E-state index contributed by atoms with van der Waals surface area (Å²) < 4.78 is 0. The van der Waals surface area contributed by atoms with Crippen LogP contribution in [0, 0.1) is 0 Å². The maximum absolute atomic E-state index is 2.46. The molecule has 0 nitrogen and oxygen atoms in total. The number of thiol groups is 2. The Morgan fingerprint density at radius 3 is 1.42 bits per heavy atom. The molecule has 0 saturated carbocycles. The molecule has 4 heteroatoms. The van der Waals surface area contributed by atoms with Gasteiger partial charge in [-0.15, -0.1) is 0 Å². The molecule has 0 bridgehead atoms. The van der Waals surface area contributed by atoms with E-state index in [1.165, 1.54) is 9.76 Å². The summed E-state index contributed by atoms with van der Waals surface area (Å²) in [7, 11) is 1.96. The Bertz CT molecular complexity index is 229. The fraction of sp³-hybridized carbons (Fsp3) is 0. The van der Waals surface area contributed by atoms with Crippen LogP contribution in [0.3, 0.4) is 0 Å². The van der Waals surface area contributed by atoms with Crippen molar-refractivity contribution in [2.75, 3.05) is 0 Å². The third-order valence-electron chi connectivity index (χ3n) is 2.12. The molecular formula is C8H14S2Si2. The van der Waals surface area contributed by atoms with Crippen molar-refractivity contribution in [3.63, 3.8) is 0 Å². The minimum atomic E-state index is -0.386. The zero-order chi connectivity index (χ0) is 8.39. The lowest BCUT2D eigenvalue weighted by molar-refractivity contribution is 2.15. The van der Waals surface area contributed by atoms with Crippen LogP contribution in [0.1, 0.15) is 0 Å². The first kappa shape index (κ1) is 8.68. The summed E-state index contributed by atoms with van der Waals surface area (Å²) in [6.07, 6.45) is 8.95. The molecule has 0 fully saturated rings. The van der Waals surface area contributed by atoms with E-state index in [0.29, 0.717) is 0 Å². The van der Waals surface area contributed by atoms with Crippen molar-refractivity contribution >= 4 is 37.1 Å². The Hall–Kier alpha value is 0.0938. The first-order valence-electron chi connectivity index (χ1n) is 4.13. The highest BCUT2D eigenvalue weighted by atomic mass is 32.6. The van der Waals surface area contributed by atoms with E-state index in [-0.39, 0.29) is 27.3 Å². The molecule has 66 valence electrons. The summed E-state index contributed by atoms with van der Waals surface area (Å²) >= 11 is 0. The summed E-state index contributed by atoms with van der Waals surface area (Å²) in [4.78, 5) is 0. The number of allylic oxidation sites excluding steroid dienone is 4. The lowest BCUT2D eigenvalue weighted by Gasteiger charge is -2.24. The lowest BCUT2D eigenvalue weighted by atomic mass is 10.6. The van der Waals surface area contributed by atoms with Crippen LogP contribution in [0.2, 0.25) is 0 Å². The molecule has 0 saturated heterocycles. The lowest BCUT2D eigenvalue weighted by Crippen LogP contribution is -2.09. The summed E-state index contributed by atoms with van der Waals surface area (Å²) in [5, 5.41) is 9.84. The molecule has 2 heterocycles. The van der Waals surface area contributed by atoms with Gasteiger partial charge >= 0.3 is 0 Å². The van der Waals surface area contributed by atoms with Gasteiger partial charge in [0, 0.05) is 9.76 Å². The highest BCUT2D eigenvalue weighted by Gasteiger charge is 2.17. The first-order valence-corrected chi connectivity index (χ1v) is 14.9. The van der Waals surface area contributed by atoms with E-state index in [9.17, 15) is 0 Å². The smallest absolute Gasteiger partial charge is 0.115 e. The van der Waals surface area contributed by atoms with E-state index >= 15 is 0 Å². The van der Waals surface area contributed by atoms with Gasteiger partial charge in [-0.05, 0) is 0 Å². The van der Waals surface area contributed by atoms with Crippen molar-refractivity contribution in [1.82, 2.24) is 0 Å². The Morgan fingerprint density at radius 1 is 0.750 bits per heavy atom. The van der Waals surface area contributed by atoms with Gasteiger partial charge in [-0.25, -0.2) is 20.7 Å². The fourth-order valence-electron chi connectivity index (χ4n) is 1.35. The van der Waals surface area contributed by atoms with Gasteiger partial charge in [0.1, 0.15) is 6.61 Å². The zero-order valence-corrected chi connectivity index (χ0v) is 12.0. The molecule has 0 aromatic heterocycles. The second-order valence-corrected chi connectivity index (χ2v) is 25.9. The summed E-state index contributed by atoms with van der Waals surface area (Å²) in [5.74, 6) is 0. The zero-order valence-electron chi connectivity index (χ0n) is 7.09. The van der Waals surface area contributed by atoms with Gasteiger partial charge in [-0.1, -0.05) is 45.9 Å². The predicted molar refractivity (Wildman–Crippen MR) is 71.6 cm³/mol. The molecule has 0 atom stereocenters. The quantitative estimate of drug-likeness (QED) is 0.516. The van der Waals surface area contributed by atoms with Crippen molar-refractivity contribution in [1.29, 1.82) is 0 Å². The number of hydrogen-bond donors (Lipinski definition) is 2. The molecule has 2 rings (SSSR count). The average Bonchev–Trinajstić information content (AvgIpc) is 2.77. The maximum atomic E-state index is 2.46. The first-order chi connectivity index (χ1) is 5.88. The van der Waals surface area contributed by atoms with Gasteiger partial charge in [-0.2, -0.15) is 0 Å². The normalized spacial score (nSPS) is 25.4. The van der Waals surface area contributed by atoms with Crippen LogP contribution in [0.25, 0.3) is 0 Å². The average molecular weight is 231 g/mol. The highest BCUT2D eigenvalue weighted by Crippen LogP contribution is 2.48. The summed E-state index contributed by atoms with van der Waals surface area (Å²) in [5.41, 5.74) is 0. The summed E-state index contributed by atoms with van der Waals surface area (Å²) in [6.45, 7) is -0.386. The van der Waals surface area contributed by atoms with E-state index < -0.39 is 0 Å². The molecule has 0 amide bonds. The highest BCUT2D eigenvalue weighted by molar-refractivity contribution is 8.74. The Labute approximate surface area is 82.9 Å². The van der Waals surface area contributed by atoms with Crippen molar-refractivity contribution in [2.45, 2.75) is 0 Å². The largest absolute Gasteiger partial charge is 0.223 e. The van der Waals surface area contributed by atoms with Gasteiger partial charge in [0.2, 0.25) is 0 Å². The van der Waals surface area contributed by atoms with Crippen molar-refractivity contribution in [2.24, 2.45) is 0 Å². The molecule has 0 aromatic carbocycles. The Balaban J connectivity index is 2.04. The van der Waals surface area contributed by atoms with Crippen LogP contribution in [0.5, 0.6) is 0 Å². The second-order valence-electron chi connectivity index (χ2n) is 2.89. The molecule has 12 heavy (non-hydrogen) atoms. The topological polar surface area (TPSA) is 0 Å². The van der Waals surface area contributed by atoms with Gasteiger partial charge < -0.3 is 0 Å². The minimum absolute atomic E-state index is 0.248. The maximum Gasteiger partial charge on any atom is 0.115 e. The van der Waals surface area contributed by atoms with Crippen molar-refractivity contribution < 1.29 is 0 Å². The van der Waals surface area contributed by atoms with Gasteiger partial charge in [0.15, 0.2) is 0 Å². The second kappa shape index (κ2) is 3.87. The minimum Gasteiger partial charge on any atom is -0.223 e. The van der Waals surface area contributed by atoms with Gasteiger partial charge in [0.25, 0.3) is 0 Å². The van der Waals surface area contributed by atoms with Gasteiger partial charge in [-0.3, -0.25) is 0 Å². The fourth-order valence-corrected chi connectivity index (χ4v) is 20.9. The van der Waals surface area contributed by atoms with Crippen LogP contribution in [-0.4, -0.2) is 16.4 Å². The molecule has 2 aliphatic rings. The third kappa shape index (κ3) is 1.71.